The Morgan fingerprint density at radius 3 is 1.42 bits per heavy atom. The summed E-state index contributed by atoms with van der Waals surface area (Å²) in [6.45, 7) is 4.75. The molecule has 0 nitrogen and oxygen atoms in total. The van der Waals surface area contributed by atoms with Gasteiger partial charge in [-0.05, 0) is 0 Å². The van der Waals surface area contributed by atoms with Crippen LogP contribution in [-0.2, 0) is 15.7 Å². The zero-order valence-electron chi connectivity index (χ0n) is 16.0. The van der Waals surface area contributed by atoms with Gasteiger partial charge in [0.25, 0.3) is 0 Å². The van der Waals surface area contributed by atoms with Gasteiger partial charge in [-0.15, -0.1) is 24.8 Å². The third-order valence-corrected chi connectivity index (χ3v) is 29.4. The first-order valence-electron chi connectivity index (χ1n) is 8.90. The van der Waals surface area contributed by atoms with E-state index in [1.54, 1.807) is 22.3 Å². The maximum Gasteiger partial charge on any atom is -0.147 e. The Bertz CT molecular complexity index is 908. The van der Waals surface area contributed by atoms with Crippen molar-refractivity contribution in [2.45, 2.75) is 30.4 Å². The second kappa shape index (κ2) is 7.40. The third-order valence-electron chi connectivity index (χ3n) is 6.19. The minimum Gasteiger partial charge on any atom is -0.147 e. The minimum absolute atomic E-state index is 0. The van der Waals surface area contributed by atoms with E-state index in [4.69, 9.17) is 0 Å². The number of allylic oxidation sites excluding steroid dienone is 2. The fourth-order valence-electron chi connectivity index (χ4n) is 5.64. The molecule has 0 spiro atoms. The van der Waals surface area contributed by atoms with Gasteiger partial charge in [0.2, 0.25) is 0 Å². The maximum absolute atomic E-state index is 3.05. The predicted molar refractivity (Wildman–Crippen MR) is 120 cm³/mol. The second-order valence-corrected chi connectivity index (χ2v) is 53.8. The maximum atomic E-state index is 2.73. The zero-order valence-corrected chi connectivity index (χ0v) is 23.0. The summed E-state index contributed by atoms with van der Waals surface area (Å²) in [5.74, 6) is 0. The molecule has 2 atom stereocenters. The van der Waals surface area contributed by atoms with E-state index in [0.29, 0.717) is 7.25 Å². The summed E-state index contributed by atoms with van der Waals surface area (Å²) >= 11 is -1.59. The van der Waals surface area contributed by atoms with Crippen LogP contribution in [0.4, 0.5) is 0 Å². The van der Waals surface area contributed by atoms with E-state index in [-0.39, 0.29) is 24.8 Å². The molecule has 0 aromatic heterocycles. The van der Waals surface area contributed by atoms with Crippen molar-refractivity contribution in [3.63, 3.8) is 0 Å². The SMILES string of the molecule is CC1=Cc2ccccc2[CH]1[Zr]([CH3])([CH3])(=[GeH2])[CH]1C(C)=Cc2ccccc21.Cl.Cl. The van der Waals surface area contributed by atoms with Crippen molar-refractivity contribution in [2.24, 2.45) is 0 Å². The Balaban J connectivity index is 0.00000121. The standard InChI is InChI=1S/2C10H9.2CH3.2ClH.GeH2.Zr/c2*1-8-6-9-4-2-3-5-10(9)7-8;;;;;;/h2*2-7H,1H3;2*1H3;2*1H;1H2;. The molecule has 0 bridgehead atoms. The number of hydrogen-bond donors (Lipinski definition) is 0. The van der Waals surface area contributed by atoms with Crippen molar-refractivity contribution in [3.8, 4) is 0 Å². The number of fused-ring (bicyclic) bond motifs is 2. The summed E-state index contributed by atoms with van der Waals surface area (Å²) < 4.78 is 6.86. The molecule has 2 aromatic rings. The van der Waals surface area contributed by atoms with Crippen molar-refractivity contribution < 1.29 is 15.7 Å². The fourth-order valence-corrected chi connectivity index (χ4v) is 34.0. The molecule has 4 rings (SSSR count). The summed E-state index contributed by atoms with van der Waals surface area (Å²) in [5.41, 5.74) is 9.35. The Morgan fingerprint density at radius 1 is 0.692 bits per heavy atom. The smallest absolute Gasteiger partial charge is 0.147 e. The van der Waals surface area contributed by atoms with Gasteiger partial charge in [-0.3, -0.25) is 0 Å². The predicted octanol–water partition coefficient (Wildman–Crippen LogP) is 6.48. The largest absolute Gasteiger partial charge is 0.147 e. The monoisotopic (exact) mass is 526 g/mol. The Kier molecular flexibility index (Phi) is 6.32. The third kappa shape index (κ3) is 3.28. The van der Waals surface area contributed by atoms with Gasteiger partial charge in [0, 0.05) is 0 Å². The first kappa shape index (κ1) is 22.2. The van der Waals surface area contributed by atoms with Crippen molar-refractivity contribution in [2.75, 3.05) is 0 Å². The van der Waals surface area contributed by atoms with Gasteiger partial charge >= 0.3 is 152 Å². The van der Waals surface area contributed by atoms with Crippen molar-refractivity contribution in [1.29, 1.82) is 0 Å². The van der Waals surface area contributed by atoms with E-state index in [1.165, 1.54) is 23.3 Å². The first-order valence-corrected chi connectivity index (χ1v) is 27.2. The first-order chi connectivity index (χ1) is 11.3. The molecule has 2 aromatic carbocycles. The summed E-state index contributed by atoms with van der Waals surface area (Å²) in [7, 11) is 0. The molecule has 0 saturated carbocycles. The quantitative estimate of drug-likeness (QED) is 0.393. The normalized spacial score (nSPS) is 21.0. The van der Waals surface area contributed by atoms with Crippen LogP contribution in [0.2, 0.25) is 9.26 Å². The van der Waals surface area contributed by atoms with Crippen LogP contribution in [0, 0.1) is 0 Å². The Labute approximate surface area is 175 Å². The van der Waals surface area contributed by atoms with Crippen LogP contribution in [0.5, 0.6) is 0 Å². The zero-order chi connectivity index (χ0) is 17.1. The molecule has 0 heterocycles. The molecule has 0 N–H and O–H groups in total. The Morgan fingerprint density at radius 2 is 1.04 bits per heavy atom. The van der Waals surface area contributed by atoms with Crippen LogP contribution in [0.25, 0.3) is 12.2 Å². The second-order valence-electron chi connectivity index (χ2n) is 8.84. The van der Waals surface area contributed by atoms with Crippen LogP contribution >= 0.6 is 24.8 Å². The molecular formula is C22H28Cl2GeZr. The van der Waals surface area contributed by atoms with Crippen molar-refractivity contribution >= 4 is 49.1 Å². The number of hydrogen-bond acceptors (Lipinski definition) is 0. The van der Waals surface area contributed by atoms with Crippen LogP contribution in [0.1, 0.15) is 43.4 Å². The number of halogens is 2. The summed E-state index contributed by atoms with van der Waals surface area (Å²) in [6.07, 6.45) is 4.91. The van der Waals surface area contributed by atoms with Crippen LogP contribution < -0.4 is 0 Å². The molecule has 2 aliphatic carbocycles. The van der Waals surface area contributed by atoms with E-state index in [9.17, 15) is 0 Å². The van der Waals surface area contributed by atoms with Gasteiger partial charge in [-0.2, -0.15) is 0 Å². The van der Waals surface area contributed by atoms with E-state index in [2.05, 4.69) is 83.8 Å². The molecular weight excluding hydrogens is 499 g/mol. The number of rotatable bonds is 2. The molecule has 2 aliphatic rings. The van der Waals surface area contributed by atoms with Gasteiger partial charge in [-0.1, -0.05) is 0 Å². The Hall–Kier alpha value is -0.0740. The molecule has 0 radical (unpaired) electrons. The molecule has 4 heteroatoms. The van der Waals surface area contributed by atoms with E-state index < -0.39 is 15.7 Å². The van der Waals surface area contributed by atoms with Gasteiger partial charge in [0.15, 0.2) is 0 Å². The summed E-state index contributed by atoms with van der Waals surface area (Å²) in [6, 6.07) is 18.2. The van der Waals surface area contributed by atoms with Crippen molar-refractivity contribution in [1.82, 2.24) is 0 Å². The van der Waals surface area contributed by atoms with Crippen LogP contribution in [0.3, 0.4) is 0 Å². The van der Waals surface area contributed by atoms with Gasteiger partial charge < -0.3 is 0 Å². The average Bonchev–Trinajstić information content (AvgIpc) is 3.02. The minimum atomic E-state index is -3.05. The summed E-state index contributed by atoms with van der Waals surface area (Å²) in [4.78, 5) is 0. The van der Waals surface area contributed by atoms with E-state index in [0.717, 1.165) is 0 Å². The van der Waals surface area contributed by atoms with E-state index in [1.807, 2.05) is 0 Å². The fraction of sp³-hybridized carbons (Fsp3) is 0.273. The average molecular weight is 527 g/mol. The molecule has 0 amide bonds. The molecule has 138 valence electrons. The van der Waals surface area contributed by atoms with Gasteiger partial charge in [0.1, 0.15) is 0 Å². The molecule has 0 saturated heterocycles. The summed E-state index contributed by atoms with van der Waals surface area (Å²) in [5, 5.41) is 0. The van der Waals surface area contributed by atoms with Crippen LogP contribution in [-0.4, -0.2) is 12.1 Å². The number of benzene rings is 2. The molecule has 0 fully saturated rings. The molecule has 26 heavy (non-hydrogen) atoms. The van der Waals surface area contributed by atoms with Crippen molar-refractivity contribution in [3.05, 3.63) is 81.9 Å². The van der Waals surface area contributed by atoms with Gasteiger partial charge in [-0.25, -0.2) is 0 Å². The topological polar surface area (TPSA) is 0 Å². The molecule has 0 aliphatic heterocycles. The van der Waals surface area contributed by atoms with E-state index >= 15 is 0 Å². The van der Waals surface area contributed by atoms with Crippen LogP contribution in [0.15, 0.2) is 59.7 Å². The van der Waals surface area contributed by atoms with Gasteiger partial charge in [0.05, 0.1) is 0 Å². The molecule has 2 unspecified atom stereocenters.